The topological polar surface area (TPSA) is 43.2 Å². The number of aromatic nitrogens is 3. The minimum atomic E-state index is 0.532. The normalized spacial score (nSPS) is 15.9. The number of nitrogens with zero attached hydrogens (tertiary/aromatic N) is 4. The van der Waals surface area contributed by atoms with E-state index in [1.165, 1.54) is 0 Å². The zero-order valence-corrected chi connectivity index (χ0v) is 13.6. The Morgan fingerprint density at radius 1 is 1.40 bits per heavy atom. The predicted molar refractivity (Wildman–Crippen MR) is 83.6 cm³/mol. The van der Waals surface area contributed by atoms with Gasteiger partial charge in [0.05, 0.1) is 13.2 Å². The Morgan fingerprint density at radius 3 is 2.70 bits per heavy atom. The molecule has 112 valence electrons. The zero-order valence-electron chi connectivity index (χ0n) is 12.0. The predicted octanol–water partition coefficient (Wildman–Crippen LogP) is 2.62. The first-order chi connectivity index (χ1) is 9.58. The van der Waals surface area contributed by atoms with Crippen molar-refractivity contribution in [3.8, 4) is 0 Å². The molecular formula is C13H21ClN4OS. The lowest BCUT2D eigenvalue weighted by atomic mass is 10.2. The van der Waals surface area contributed by atoms with E-state index < -0.39 is 0 Å². The van der Waals surface area contributed by atoms with Crippen LogP contribution in [0.25, 0.3) is 0 Å². The maximum absolute atomic E-state index is 5.84. The Hall–Kier alpha value is -0.720. The Kier molecular flexibility index (Phi) is 5.74. The average Bonchev–Trinajstić information content (AvgIpc) is 2.79. The highest BCUT2D eigenvalue weighted by atomic mass is 35.5. The fourth-order valence-electron chi connectivity index (χ4n) is 2.05. The molecule has 0 unspecified atom stereocenters. The molecule has 2 rings (SSSR count). The average molecular weight is 317 g/mol. The summed E-state index contributed by atoms with van der Waals surface area (Å²) in [7, 11) is 0. The minimum Gasteiger partial charge on any atom is -0.378 e. The summed E-state index contributed by atoms with van der Waals surface area (Å²) in [6, 6.07) is 0. The number of hydrogen-bond acceptors (Lipinski definition) is 5. The number of anilines is 1. The van der Waals surface area contributed by atoms with Crippen molar-refractivity contribution in [2.45, 2.75) is 25.5 Å². The van der Waals surface area contributed by atoms with E-state index >= 15 is 0 Å². The van der Waals surface area contributed by atoms with Crippen LogP contribution < -0.4 is 4.90 Å². The standard InChI is InChI=1S/C13H21ClN4OS/c1-10(2)8-18-12(17-4-6-19-7-5-17)15-16-13(18)20-9-11(3)14/h10H,3-9H2,1-2H3. The minimum absolute atomic E-state index is 0.532. The second-order valence-electron chi connectivity index (χ2n) is 5.19. The van der Waals surface area contributed by atoms with Gasteiger partial charge in [0, 0.05) is 30.4 Å². The van der Waals surface area contributed by atoms with Crippen molar-refractivity contribution < 1.29 is 4.74 Å². The van der Waals surface area contributed by atoms with Gasteiger partial charge in [-0.25, -0.2) is 0 Å². The number of hydrogen-bond donors (Lipinski definition) is 0. The number of thioether (sulfide) groups is 1. The van der Waals surface area contributed by atoms with Gasteiger partial charge in [0.25, 0.3) is 0 Å². The third-order valence-electron chi connectivity index (χ3n) is 2.90. The lowest BCUT2D eigenvalue weighted by Crippen LogP contribution is -2.38. The first-order valence-electron chi connectivity index (χ1n) is 6.80. The molecule has 0 radical (unpaired) electrons. The van der Waals surface area contributed by atoms with E-state index in [0.717, 1.165) is 44.0 Å². The number of rotatable bonds is 6. The van der Waals surface area contributed by atoms with Crippen molar-refractivity contribution >= 4 is 29.3 Å². The van der Waals surface area contributed by atoms with Crippen LogP contribution in [-0.2, 0) is 11.3 Å². The Labute approximate surface area is 129 Å². The molecule has 0 N–H and O–H groups in total. The lowest BCUT2D eigenvalue weighted by molar-refractivity contribution is 0.121. The van der Waals surface area contributed by atoms with Gasteiger partial charge in [0.2, 0.25) is 5.95 Å². The Balaban J connectivity index is 2.19. The van der Waals surface area contributed by atoms with Crippen LogP contribution in [0.5, 0.6) is 0 Å². The Bertz CT molecular complexity index is 457. The van der Waals surface area contributed by atoms with Crippen molar-refractivity contribution in [3.63, 3.8) is 0 Å². The third-order valence-corrected chi connectivity index (χ3v) is 4.24. The highest BCUT2D eigenvalue weighted by Gasteiger charge is 2.21. The number of halogens is 1. The summed E-state index contributed by atoms with van der Waals surface area (Å²) >= 11 is 7.42. The van der Waals surface area contributed by atoms with Crippen LogP contribution in [0.1, 0.15) is 13.8 Å². The number of ether oxygens (including phenoxy) is 1. The summed E-state index contributed by atoms with van der Waals surface area (Å²) in [6.07, 6.45) is 0. The Morgan fingerprint density at radius 2 is 2.10 bits per heavy atom. The molecule has 0 amide bonds. The monoisotopic (exact) mass is 316 g/mol. The zero-order chi connectivity index (χ0) is 14.5. The van der Waals surface area contributed by atoms with Gasteiger partial charge in [-0.15, -0.1) is 10.2 Å². The van der Waals surface area contributed by atoms with Crippen LogP contribution in [0.15, 0.2) is 16.8 Å². The summed E-state index contributed by atoms with van der Waals surface area (Å²) in [5, 5.41) is 10.2. The fourth-order valence-corrected chi connectivity index (χ4v) is 2.91. The van der Waals surface area contributed by atoms with Crippen molar-refractivity contribution in [1.82, 2.24) is 14.8 Å². The highest BCUT2D eigenvalue weighted by molar-refractivity contribution is 7.99. The van der Waals surface area contributed by atoms with E-state index in [9.17, 15) is 0 Å². The van der Waals surface area contributed by atoms with Gasteiger partial charge in [0.1, 0.15) is 0 Å². The van der Waals surface area contributed by atoms with Crippen molar-refractivity contribution in [3.05, 3.63) is 11.6 Å². The molecule has 2 heterocycles. The lowest BCUT2D eigenvalue weighted by Gasteiger charge is -2.28. The van der Waals surface area contributed by atoms with Gasteiger partial charge < -0.3 is 9.64 Å². The molecule has 1 aliphatic heterocycles. The molecule has 1 saturated heterocycles. The van der Waals surface area contributed by atoms with Crippen LogP contribution in [-0.4, -0.2) is 46.8 Å². The molecule has 0 spiro atoms. The van der Waals surface area contributed by atoms with Gasteiger partial charge >= 0.3 is 0 Å². The molecule has 0 atom stereocenters. The molecular weight excluding hydrogens is 296 g/mol. The van der Waals surface area contributed by atoms with Crippen LogP contribution in [0.3, 0.4) is 0 Å². The molecule has 1 aromatic rings. The van der Waals surface area contributed by atoms with Crippen LogP contribution in [0, 0.1) is 5.92 Å². The van der Waals surface area contributed by atoms with Crippen LogP contribution in [0.4, 0.5) is 5.95 Å². The molecule has 5 nitrogen and oxygen atoms in total. The molecule has 0 bridgehead atoms. The molecule has 1 fully saturated rings. The summed E-state index contributed by atoms with van der Waals surface area (Å²) in [5.41, 5.74) is 0. The van der Waals surface area contributed by atoms with E-state index in [0.29, 0.717) is 16.7 Å². The van der Waals surface area contributed by atoms with Gasteiger partial charge in [-0.1, -0.05) is 43.8 Å². The quantitative estimate of drug-likeness (QED) is 0.755. The smallest absolute Gasteiger partial charge is 0.228 e. The van der Waals surface area contributed by atoms with Gasteiger partial charge in [-0.3, -0.25) is 4.57 Å². The molecule has 1 aliphatic rings. The van der Waals surface area contributed by atoms with Crippen molar-refractivity contribution in [2.75, 3.05) is 37.0 Å². The van der Waals surface area contributed by atoms with Gasteiger partial charge in [0.15, 0.2) is 5.16 Å². The molecule has 1 aromatic heterocycles. The van der Waals surface area contributed by atoms with E-state index in [4.69, 9.17) is 16.3 Å². The molecule has 0 saturated carbocycles. The first kappa shape index (κ1) is 15.7. The fraction of sp³-hybridized carbons (Fsp3) is 0.692. The second kappa shape index (κ2) is 7.33. The van der Waals surface area contributed by atoms with Crippen LogP contribution >= 0.6 is 23.4 Å². The van der Waals surface area contributed by atoms with Crippen LogP contribution in [0.2, 0.25) is 0 Å². The summed E-state index contributed by atoms with van der Waals surface area (Å²) < 4.78 is 7.58. The van der Waals surface area contributed by atoms with Gasteiger partial charge in [-0.2, -0.15) is 0 Å². The second-order valence-corrected chi connectivity index (χ2v) is 6.67. The van der Waals surface area contributed by atoms with Crippen molar-refractivity contribution in [1.29, 1.82) is 0 Å². The van der Waals surface area contributed by atoms with Crippen molar-refractivity contribution in [2.24, 2.45) is 5.92 Å². The number of morpholine rings is 1. The summed E-state index contributed by atoms with van der Waals surface area (Å²) in [6.45, 7) is 12.2. The molecule has 0 aromatic carbocycles. The largest absolute Gasteiger partial charge is 0.378 e. The van der Waals surface area contributed by atoms with E-state index in [-0.39, 0.29) is 0 Å². The molecule has 7 heteroatoms. The van der Waals surface area contributed by atoms with E-state index in [1.54, 1.807) is 11.8 Å². The third kappa shape index (κ3) is 4.14. The SMILES string of the molecule is C=C(Cl)CSc1nnc(N2CCOCC2)n1CC(C)C. The first-order valence-corrected chi connectivity index (χ1v) is 8.16. The maximum Gasteiger partial charge on any atom is 0.228 e. The molecule has 0 aliphatic carbocycles. The van der Waals surface area contributed by atoms with E-state index in [1.807, 2.05) is 0 Å². The summed E-state index contributed by atoms with van der Waals surface area (Å²) in [5.74, 6) is 2.12. The highest BCUT2D eigenvalue weighted by Crippen LogP contribution is 2.25. The summed E-state index contributed by atoms with van der Waals surface area (Å²) in [4.78, 5) is 2.23. The maximum atomic E-state index is 5.84. The molecule has 20 heavy (non-hydrogen) atoms. The van der Waals surface area contributed by atoms with E-state index in [2.05, 4.69) is 40.1 Å². The van der Waals surface area contributed by atoms with Gasteiger partial charge in [-0.05, 0) is 5.92 Å².